The zero-order chi connectivity index (χ0) is 13.7. The van der Waals surface area contributed by atoms with Crippen LogP contribution in [0.25, 0.3) is 0 Å². The lowest BCUT2D eigenvalue weighted by Crippen LogP contribution is -2.23. The van der Waals surface area contributed by atoms with Gasteiger partial charge in [-0.25, -0.2) is 9.97 Å². The van der Waals surface area contributed by atoms with Gasteiger partial charge >= 0.3 is 0 Å². The summed E-state index contributed by atoms with van der Waals surface area (Å²) in [6.45, 7) is 2.84. The summed E-state index contributed by atoms with van der Waals surface area (Å²) in [5.41, 5.74) is 1.22. The number of hydrogen-bond acceptors (Lipinski definition) is 6. The van der Waals surface area contributed by atoms with Crippen molar-refractivity contribution in [1.82, 2.24) is 20.3 Å². The Bertz CT molecular complexity index is 556. The minimum Gasteiger partial charge on any atom is -0.378 e. The van der Waals surface area contributed by atoms with Crippen LogP contribution in [-0.4, -0.2) is 28.0 Å². The van der Waals surface area contributed by atoms with E-state index in [1.807, 2.05) is 6.92 Å². The van der Waals surface area contributed by atoms with E-state index in [2.05, 4.69) is 20.3 Å². The number of nitrogens with one attached hydrogen (secondary N) is 1. The van der Waals surface area contributed by atoms with Gasteiger partial charge < -0.3 is 10.1 Å². The summed E-state index contributed by atoms with van der Waals surface area (Å²) in [6, 6.07) is 0. The summed E-state index contributed by atoms with van der Waals surface area (Å²) < 4.78 is 5.03. The number of ether oxygens (including phenoxy) is 1. The number of thiazole rings is 1. The summed E-state index contributed by atoms with van der Waals surface area (Å²) in [5, 5.41) is 3.71. The minimum atomic E-state index is -0.241. The van der Waals surface area contributed by atoms with Crippen molar-refractivity contribution in [3.8, 4) is 0 Å². The number of amides is 1. The van der Waals surface area contributed by atoms with Crippen molar-refractivity contribution in [3.05, 3.63) is 39.9 Å². The van der Waals surface area contributed by atoms with Crippen molar-refractivity contribution in [2.24, 2.45) is 0 Å². The van der Waals surface area contributed by atoms with Crippen LogP contribution in [0.2, 0.25) is 0 Å². The monoisotopic (exact) mass is 278 g/mol. The van der Waals surface area contributed by atoms with E-state index in [9.17, 15) is 4.79 Å². The molecule has 2 aromatic heterocycles. The first kappa shape index (κ1) is 13.6. The molecule has 0 saturated heterocycles. The third-order valence-corrected chi connectivity index (χ3v) is 3.54. The van der Waals surface area contributed by atoms with Gasteiger partial charge in [0.1, 0.15) is 10.7 Å². The molecule has 2 rings (SSSR count). The molecule has 0 unspecified atom stereocenters. The Balaban J connectivity index is 1.97. The number of aromatic nitrogens is 3. The van der Waals surface area contributed by atoms with Crippen molar-refractivity contribution < 1.29 is 9.53 Å². The minimum absolute atomic E-state index is 0.241. The standard InChI is InChI=1S/C12H14N4O2S/c1-8-10(19-11(16-8)7-18-2)6-15-12(17)9-5-13-3-4-14-9/h3-5H,6-7H2,1-2H3,(H,15,17). The highest BCUT2D eigenvalue weighted by molar-refractivity contribution is 7.11. The summed E-state index contributed by atoms with van der Waals surface area (Å²) in [7, 11) is 1.63. The molecule has 0 saturated carbocycles. The fraction of sp³-hybridized carbons (Fsp3) is 0.333. The van der Waals surface area contributed by atoms with Gasteiger partial charge in [-0.05, 0) is 6.92 Å². The predicted octanol–water partition coefficient (Wildman–Crippen LogP) is 1.32. The van der Waals surface area contributed by atoms with E-state index in [0.717, 1.165) is 15.6 Å². The van der Waals surface area contributed by atoms with E-state index in [1.165, 1.54) is 29.9 Å². The third kappa shape index (κ3) is 3.55. The van der Waals surface area contributed by atoms with Gasteiger partial charge in [0.2, 0.25) is 0 Å². The Morgan fingerprint density at radius 2 is 2.32 bits per heavy atom. The summed E-state index contributed by atoms with van der Waals surface area (Å²) in [6.07, 6.45) is 4.45. The zero-order valence-corrected chi connectivity index (χ0v) is 11.5. The lowest BCUT2D eigenvalue weighted by molar-refractivity contribution is 0.0946. The van der Waals surface area contributed by atoms with Crippen LogP contribution in [0.4, 0.5) is 0 Å². The van der Waals surface area contributed by atoms with Crippen LogP contribution in [0.3, 0.4) is 0 Å². The van der Waals surface area contributed by atoms with E-state index in [4.69, 9.17) is 4.74 Å². The van der Waals surface area contributed by atoms with Crippen molar-refractivity contribution in [2.75, 3.05) is 7.11 Å². The van der Waals surface area contributed by atoms with Gasteiger partial charge in [-0.3, -0.25) is 9.78 Å². The summed E-state index contributed by atoms with van der Waals surface area (Å²) >= 11 is 1.53. The molecule has 0 aromatic carbocycles. The Hall–Kier alpha value is -1.86. The molecule has 0 fully saturated rings. The average molecular weight is 278 g/mol. The maximum atomic E-state index is 11.8. The van der Waals surface area contributed by atoms with E-state index in [-0.39, 0.29) is 5.91 Å². The molecule has 7 heteroatoms. The topological polar surface area (TPSA) is 77.0 Å². The molecule has 0 aliphatic carbocycles. The molecule has 1 amide bonds. The molecule has 0 spiro atoms. The normalized spacial score (nSPS) is 10.4. The highest BCUT2D eigenvalue weighted by atomic mass is 32.1. The molecule has 0 aliphatic rings. The van der Waals surface area contributed by atoms with E-state index in [0.29, 0.717) is 18.8 Å². The fourth-order valence-electron chi connectivity index (χ4n) is 1.50. The Morgan fingerprint density at radius 3 is 3.00 bits per heavy atom. The van der Waals surface area contributed by atoms with Crippen LogP contribution in [0.1, 0.15) is 26.1 Å². The highest BCUT2D eigenvalue weighted by Crippen LogP contribution is 2.18. The summed E-state index contributed by atoms with van der Waals surface area (Å²) in [4.78, 5) is 25.0. The van der Waals surface area contributed by atoms with Crippen molar-refractivity contribution >= 4 is 17.2 Å². The molecule has 2 heterocycles. The summed E-state index contributed by atoms with van der Waals surface area (Å²) in [5.74, 6) is -0.241. The number of nitrogens with zero attached hydrogens (tertiary/aromatic N) is 3. The maximum absolute atomic E-state index is 11.8. The van der Waals surface area contributed by atoms with Crippen LogP contribution >= 0.6 is 11.3 Å². The number of carbonyl (C=O) groups excluding carboxylic acids is 1. The van der Waals surface area contributed by atoms with Gasteiger partial charge in [0.15, 0.2) is 0 Å². The van der Waals surface area contributed by atoms with Crippen LogP contribution in [0, 0.1) is 6.92 Å². The Kier molecular flexibility index (Phi) is 4.53. The number of methoxy groups -OCH3 is 1. The van der Waals surface area contributed by atoms with Crippen LogP contribution in [-0.2, 0) is 17.9 Å². The molecule has 0 bridgehead atoms. The van der Waals surface area contributed by atoms with E-state index < -0.39 is 0 Å². The average Bonchev–Trinajstić information content (AvgIpc) is 2.78. The highest BCUT2D eigenvalue weighted by Gasteiger charge is 2.10. The molecule has 0 aliphatic heterocycles. The van der Waals surface area contributed by atoms with Gasteiger partial charge in [0.05, 0.1) is 25.0 Å². The third-order valence-electron chi connectivity index (χ3n) is 2.41. The zero-order valence-electron chi connectivity index (χ0n) is 10.7. The van der Waals surface area contributed by atoms with Crippen LogP contribution < -0.4 is 5.32 Å². The second-order valence-electron chi connectivity index (χ2n) is 3.82. The molecule has 6 nitrogen and oxygen atoms in total. The molecule has 1 N–H and O–H groups in total. The van der Waals surface area contributed by atoms with Crippen molar-refractivity contribution in [2.45, 2.75) is 20.1 Å². The first-order valence-electron chi connectivity index (χ1n) is 5.69. The quantitative estimate of drug-likeness (QED) is 0.892. The van der Waals surface area contributed by atoms with Crippen LogP contribution in [0.5, 0.6) is 0 Å². The van der Waals surface area contributed by atoms with Crippen LogP contribution in [0.15, 0.2) is 18.6 Å². The Morgan fingerprint density at radius 1 is 1.47 bits per heavy atom. The van der Waals surface area contributed by atoms with E-state index in [1.54, 1.807) is 7.11 Å². The first-order valence-corrected chi connectivity index (χ1v) is 6.50. The Labute approximate surface area is 114 Å². The molecule has 2 aromatic rings. The smallest absolute Gasteiger partial charge is 0.271 e. The van der Waals surface area contributed by atoms with Crippen molar-refractivity contribution in [3.63, 3.8) is 0 Å². The van der Waals surface area contributed by atoms with Gasteiger partial charge in [-0.2, -0.15) is 0 Å². The van der Waals surface area contributed by atoms with Gasteiger partial charge in [0.25, 0.3) is 5.91 Å². The second-order valence-corrected chi connectivity index (χ2v) is 4.99. The molecule has 0 atom stereocenters. The fourth-order valence-corrected chi connectivity index (χ4v) is 2.49. The molecule has 100 valence electrons. The number of hydrogen-bond donors (Lipinski definition) is 1. The molecule has 19 heavy (non-hydrogen) atoms. The van der Waals surface area contributed by atoms with Gasteiger partial charge in [-0.1, -0.05) is 0 Å². The lowest BCUT2D eigenvalue weighted by Gasteiger charge is -2.02. The molecular weight excluding hydrogens is 264 g/mol. The number of rotatable bonds is 5. The number of aryl methyl sites for hydroxylation is 1. The largest absolute Gasteiger partial charge is 0.378 e. The predicted molar refractivity (Wildman–Crippen MR) is 70.8 cm³/mol. The lowest BCUT2D eigenvalue weighted by atomic mass is 10.3. The molecular formula is C12H14N4O2S. The SMILES string of the molecule is COCc1nc(C)c(CNC(=O)c2cnccn2)s1. The van der Waals surface area contributed by atoms with Gasteiger partial charge in [-0.15, -0.1) is 11.3 Å². The number of carbonyl (C=O) groups is 1. The van der Waals surface area contributed by atoms with E-state index >= 15 is 0 Å². The van der Waals surface area contributed by atoms with Crippen molar-refractivity contribution in [1.29, 1.82) is 0 Å². The second kappa shape index (κ2) is 6.35. The maximum Gasteiger partial charge on any atom is 0.271 e. The first-order chi connectivity index (χ1) is 9.20. The van der Waals surface area contributed by atoms with Gasteiger partial charge in [0, 0.05) is 24.4 Å². The molecule has 0 radical (unpaired) electrons.